The van der Waals surface area contributed by atoms with Crippen LogP contribution in [0.5, 0.6) is 0 Å². The normalized spacial score (nSPS) is 17.8. The molecule has 96 valence electrons. The fraction of sp³-hybridized carbons (Fsp3) is 0.750. The van der Waals surface area contributed by atoms with Crippen LogP contribution in [0.4, 0.5) is 8.78 Å². The zero-order valence-corrected chi connectivity index (χ0v) is 9.91. The van der Waals surface area contributed by atoms with Gasteiger partial charge in [-0.05, 0) is 25.3 Å². The molecule has 1 aliphatic rings. The SMILES string of the molecule is FC(F)n1ccnc1CNCC1CCCCC1. The molecule has 0 aromatic carbocycles. The fourth-order valence-corrected chi connectivity index (χ4v) is 2.44. The highest BCUT2D eigenvalue weighted by Crippen LogP contribution is 2.22. The van der Waals surface area contributed by atoms with Crippen molar-refractivity contribution in [2.45, 2.75) is 45.2 Å². The standard InChI is InChI=1S/C12H19F2N3/c13-12(14)17-7-6-16-11(17)9-15-8-10-4-2-1-3-5-10/h6-7,10,12,15H,1-5,8-9H2. The molecule has 1 heterocycles. The number of hydrogen-bond acceptors (Lipinski definition) is 2. The van der Waals surface area contributed by atoms with Gasteiger partial charge in [-0.25, -0.2) is 4.98 Å². The molecule has 0 bridgehead atoms. The summed E-state index contributed by atoms with van der Waals surface area (Å²) in [6, 6.07) is 0. The molecule has 3 nitrogen and oxygen atoms in total. The lowest BCUT2D eigenvalue weighted by atomic mass is 9.89. The number of hydrogen-bond donors (Lipinski definition) is 1. The van der Waals surface area contributed by atoms with Gasteiger partial charge in [0.2, 0.25) is 0 Å². The van der Waals surface area contributed by atoms with Gasteiger partial charge in [-0.2, -0.15) is 8.78 Å². The van der Waals surface area contributed by atoms with Crippen molar-refractivity contribution in [1.82, 2.24) is 14.9 Å². The fourth-order valence-electron chi connectivity index (χ4n) is 2.44. The predicted molar refractivity (Wildman–Crippen MR) is 61.8 cm³/mol. The molecular formula is C12H19F2N3. The van der Waals surface area contributed by atoms with Crippen molar-refractivity contribution < 1.29 is 8.78 Å². The Morgan fingerprint density at radius 2 is 2.12 bits per heavy atom. The lowest BCUT2D eigenvalue weighted by molar-refractivity contribution is 0.0665. The zero-order valence-electron chi connectivity index (χ0n) is 9.91. The van der Waals surface area contributed by atoms with E-state index < -0.39 is 6.55 Å². The first kappa shape index (κ1) is 12.5. The van der Waals surface area contributed by atoms with E-state index in [1.54, 1.807) is 0 Å². The first-order chi connectivity index (χ1) is 8.27. The lowest BCUT2D eigenvalue weighted by Gasteiger charge is -2.21. The highest BCUT2D eigenvalue weighted by molar-refractivity contribution is 4.92. The van der Waals surface area contributed by atoms with E-state index in [4.69, 9.17) is 0 Å². The van der Waals surface area contributed by atoms with Gasteiger partial charge in [0.1, 0.15) is 5.82 Å². The smallest absolute Gasteiger partial charge is 0.310 e. The van der Waals surface area contributed by atoms with E-state index in [1.165, 1.54) is 44.5 Å². The van der Waals surface area contributed by atoms with Crippen molar-refractivity contribution in [2.24, 2.45) is 5.92 Å². The molecule has 0 unspecified atom stereocenters. The Morgan fingerprint density at radius 1 is 1.35 bits per heavy atom. The summed E-state index contributed by atoms with van der Waals surface area (Å²) in [6.07, 6.45) is 9.21. The number of halogens is 2. The third kappa shape index (κ3) is 3.49. The van der Waals surface area contributed by atoms with Crippen molar-refractivity contribution in [2.75, 3.05) is 6.54 Å². The summed E-state index contributed by atoms with van der Waals surface area (Å²) in [6.45, 7) is -1.16. The van der Waals surface area contributed by atoms with Crippen LogP contribution in [-0.2, 0) is 6.54 Å². The van der Waals surface area contributed by atoms with Crippen LogP contribution >= 0.6 is 0 Å². The van der Waals surface area contributed by atoms with E-state index >= 15 is 0 Å². The van der Waals surface area contributed by atoms with E-state index in [0.29, 0.717) is 18.3 Å². The second-order valence-corrected chi connectivity index (χ2v) is 4.66. The molecule has 1 aromatic rings. The van der Waals surface area contributed by atoms with Crippen molar-refractivity contribution >= 4 is 0 Å². The van der Waals surface area contributed by atoms with Crippen molar-refractivity contribution in [3.8, 4) is 0 Å². The van der Waals surface area contributed by atoms with Gasteiger partial charge in [-0.1, -0.05) is 19.3 Å². The number of imidazole rings is 1. The van der Waals surface area contributed by atoms with Crippen LogP contribution in [0.2, 0.25) is 0 Å². The summed E-state index contributed by atoms with van der Waals surface area (Å²) in [5.74, 6) is 1.12. The van der Waals surface area contributed by atoms with Crippen LogP contribution in [0.15, 0.2) is 12.4 Å². The number of nitrogens with one attached hydrogen (secondary N) is 1. The minimum atomic E-state index is -2.50. The third-order valence-corrected chi connectivity index (χ3v) is 3.40. The van der Waals surface area contributed by atoms with Crippen molar-refractivity contribution in [3.63, 3.8) is 0 Å². The van der Waals surface area contributed by atoms with Crippen LogP contribution in [0.25, 0.3) is 0 Å². The average molecular weight is 243 g/mol. The highest BCUT2D eigenvalue weighted by atomic mass is 19.3. The second kappa shape index (κ2) is 6.10. The molecule has 0 atom stereocenters. The summed E-state index contributed by atoms with van der Waals surface area (Å²) in [5.41, 5.74) is 0. The first-order valence-electron chi connectivity index (χ1n) is 6.28. The molecule has 1 aromatic heterocycles. The Bertz CT molecular complexity index is 332. The number of rotatable bonds is 5. The minimum Gasteiger partial charge on any atom is -0.310 e. The topological polar surface area (TPSA) is 29.9 Å². The van der Waals surface area contributed by atoms with Gasteiger partial charge < -0.3 is 5.32 Å². The number of alkyl halides is 2. The number of nitrogens with zero attached hydrogens (tertiary/aromatic N) is 2. The molecule has 1 aliphatic carbocycles. The van der Waals surface area contributed by atoms with Crippen LogP contribution in [-0.4, -0.2) is 16.1 Å². The second-order valence-electron chi connectivity index (χ2n) is 4.66. The summed E-state index contributed by atoms with van der Waals surface area (Å²) < 4.78 is 26.0. The predicted octanol–water partition coefficient (Wildman–Crippen LogP) is 2.95. The van der Waals surface area contributed by atoms with Crippen LogP contribution in [0, 0.1) is 5.92 Å². The molecule has 0 spiro atoms. The molecule has 0 radical (unpaired) electrons. The molecule has 17 heavy (non-hydrogen) atoms. The van der Waals surface area contributed by atoms with E-state index in [1.807, 2.05) is 0 Å². The Kier molecular flexibility index (Phi) is 4.48. The van der Waals surface area contributed by atoms with Gasteiger partial charge in [-0.15, -0.1) is 0 Å². The van der Waals surface area contributed by atoms with Crippen LogP contribution < -0.4 is 5.32 Å². The van der Waals surface area contributed by atoms with Crippen molar-refractivity contribution in [3.05, 3.63) is 18.2 Å². The summed E-state index contributed by atoms with van der Waals surface area (Å²) in [4.78, 5) is 3.94. The maximum absolute atomic E-state index is 12.5. The van der Waals surface area contributed by atoms with Gasteiger partial charge in [0.05, 0.1) is 6.54 Å². The van der Waals surface area contributed by atoms with E-state index in [-0.39, 0.29) is 0 Å². The largest absolute Gasteiger partial charge is 0.319 e. The molecule has 0 saturated heterocycles. The van der Waals surface area contributed by atoms with Gasteiger partial charge in [0.25, 0.3) is 0 Å². The quantitative estimate of drug-likeness (QED) is 0.861. The Balaban J connectivity index is 1.75. The van der Waals surface area contributed by atoms with E-state index in [2.05, 4.69) is 10.3 Å². The van der Waals surface area contributed by atoms with Gasteiger partial charge in [-0.3, -0.25) is 4.57 Å². The Labute approximate surface area is 100 Å². The molecule has 1 fully saturated rings. The van der Waals surface area contributed by atoms with Crippen LogP contribution in [0.3, 0.4) is 0 Å². The summed E-state index contributed by atoms with van der Waals surface area (Å²) >= 11 is 0. The Morgan fingerprint density at radius 3 is 2.82 bits per heavy atom. The molecular weight excluding hydrogens is 224 g/mol. The molecule has 0 amide bonds. The molecule has 1 N–H and O–H groups in total. The van der Waals surface area contributed by atoms with Crippen LogP contribution in [0.1, 0.15) is 44.5 Å². The maximum Gasteiger partial charge on any atom is 0.319 e. The molecule has 2 rings (SSSR count). The van der Waals surface area contributed by atoms with Crippen molar-refractivity contribution in [1.29, 1.82) is 0 Å². The highest BCUT2D eigenvalue weighted by Gasteiger charge is 2.14. The monoisotopic (exact) mass is 243 g/mol. The minimum absolute atomic E-state index is 0.413. The third-order valence-electron chi connectivity index (χ3n) is 3.40. The summed E-state index contributed by atoms with van der Waals surface area (Å²) in [7, 11) is 0. The van der Waals surface area contributed by atoms with E-state index in [9.17, 15) is 8.78 Å². The van der Waals surface area contributed by atoms with E-state index in [0.717, 1.165) is 11.1 Å². The van der Waals surface area contributed by atoms with Gasteiger partial charge in [0.15, 0.2) is 0 Å². The van der Waals surface area contributed by atoms with Gasteiger partial charge >= 0.3 is 6.55 Å². The first-order valence-corrected chi connectivity index (χ1v) is 6.28. The molecule has 1 saturated carbocycles. The Hall–Kier alpha value is -0.970. The number of aromatic nitrogens is 2. The average Bonchev–Trinajstić information content (AvgIpc) is 2.79. The summed E-state index contributed by atoms with van der Waals surface area (Å²) in [5, 5.41) is 3.24. The zero-order chi connectivity index (χ0) is 12.1. The lowest BCUT2D eigenvalue weighted by Crippen LogP contribution is -2.25. The van der Waals surface area contributed by atoms with Gasteiger partial charge in [0, 0.05) is 12.4 Å². The molecule has 0 aliphatic heterocycles. The molecule has 5 heteroatoms. The maximum atomic E-state index is 12.5.